The van der Waals surface area contributed by atoms with Crippen molar-refractivity contribution in [2.75, 3.05) is 0 Å². The third-order valence-corrected chi connectivity index (χ3v) is 0. The van der Waals surface area contributed by atoms with Crippen molar-refractivity contribution >= 4 is 54.0 Å². The molecule has 0 atom stereocenters. The molecule has 0 aliphatic rings. The van der Waals surface area contributed by atoms with Crippen LogP contribution in [-0.2, 0) is 71.1 Å². The summed E-state index contributed by atoms with van der Waals surface area (Å²) in [5.74, 6) is 0. The number of hydrogen-bond acceptors (Lipinski definition) is 4. The summed E-state index contributed by atoms with van der Waals surface area (Å²) in [5.41, 5.74) is 0. The Balaban J connectivity index is 0. The summed E-state index contributed by atoms with van der Waals surface area (Å²) in [5, 5.41) is 0. The first-order valence-corrected chi connectivity index (χ1v) is 0. The topological polar surface area (TPSA) is 0 Å². The van der Waals surface area contributed by atoms with Crippen LogP contribution in [0.5, 0.6) is 0 Å². The molecule has 0 spiro atoms. The largest absolute Gasteiger partial charge is 4.00 e. The predicted octanol–water partition coefficient (Wildman–Crippen LogP) is -0.447. The molecule has 44 valence electrons. The van der Waals surface area contributed by atoms with Crippen LogP contribution in [0, 0.1) is 0 Å². The van der Waals surface area contributed by atoms with Gasteiger partial charge in [0.25, 0.3) is 0 Å². The molecule has 0 aromatic carbocycles. The smallest absolute Gasteiger partial charge is 0.813 e. The molecule has 0 nitrogen and oxygen atoms in total. The third kappa shape index (κ3) is 38.9. The first-order chi connectivity index (χ1) is 0. The molecule has 0 amide bonds. The fourth-order valence-corrected chi connectivity index (χ4v) is 0. The molecule has 0 fully saturated rings. The molecule has 0 bridgehead atoms. The molecule has 0 saturated carbocycles. The second-order valence-electron chi connectivity index (χ2n) is 0. The van der Waals surface area contributed by atoms with Gasteiger partial charge >= 0.3 is 17.1 Å². The number of thiol groups is 4. The maximum atomic E-state index is 0. The second-order valence-corrected chi connectivity index (χ2v) is 0. The van der Waals surface area contributed by atoms with Gasteiger partial charge in [-0.25, -0.2) is 0 Å². The summed E-state index contributed by atoms with van der Waals surface area (Å²) >= 11 is 0. The molecular weight excluding hydrogens is 196 g/mol. The van der Waals surface area contributed by atoms with Crippen molar-refractivity contribution in [3.05, 3.63) is 0 Å². The minimum Gasteiger partial charge on any atom is -0.813 e. The van der Waals surface area contributed by atoms with Crippen molar-refractivity contribution in [1.82, 2.24) is 0 Å². The summed E-state index contributed by atoms with van der Waals surface area (Å²) in [7, 11) is 0. The fourth-order valence-electron chi connectivity index (χ4n) is 0. The van der Waals surface area contributed by atoms with Gasteiger partial charge in [0, 0.05) is 0 Å². The molecule has 0 heterocycles. The van der Waals surface area contributed by atoms with E-state index in [1.807, 2.05) is 0 Å². The molecule has 0 radical (unpaired) electrons. The van der Waals surface area contributed by atoms with Crippen molar-refractivity contribution in [3.63, 3.8) is 0 Å². The quantitative estimate of drug-likeness (QED) is 0.298. The van der Waals surface area contributed by atoms with Crippen molar-refractivity contribution in [3.8, 4) is 0 Å². The molecule has 0 N–H and O–H groups in total. The monoisotopic (exact) mass is 204 g/mol. The van der Waals surface area contributed by atoms with Gasteiger partial charge in [0.05, 0.1) is 0 Å². The van der Waals surface area contributed by atoms with Crippen LogP contribution in [0.3, 0.4) is 0 Å². The van der Waals surface area contributed by atoms with Gasteiger partial charge < -0.3 is 54.0 Å². The van der Waals surface area contributed by atoms with E-state index >= 15 is 0 Å². The predicted molar refractivity (Wildman–Crippen MR) is 41.8 cm³/mol. The Morgan fingerprint density at radius 2 is 0.500 bits per heavy atom. The Kier molecular flexibility index (Phi) is 1130. The number of rotatable bonds is 0. The van der Waals surface area contributed by atoms with Crippen LogP contribution >= 0.6 is 0 Å². The van der Waals surface area contributed by atoms with Gasteiger partial charge in [-0.15, -0.1) is 0 Å². The van der Waals surface area contributed by atoms with E-state index in [-0.39, 0.29) is 78.5 Å². The molecule has 0 aliphatic carbocycles. The first kappa shape index (κ1) is 103. The van der Waals surface area contributed by atoms with Gasteiger partial charge in [0.15, 0.2) is 0 Å². The molecule has 5 heteroatoms. The Labute approximate surface area is 78.1 Å². The Morgan fingerprint density at radius 3 is 0.500 bits per heavy atom. The van der Waals surface area contributed by atoms with Crippen LogP contribution in [0.25, 0.3) is 0 Å². The Bertz CT molecular complexity index is 7.51. The zero-order valence-corrected chi connectivity index (χ0v) is 6.82. The molecule has 0 aromatic rings. The summed E-state index contributed by atoms with van der Waals surface area (Å²) < 4.78 is 0. The van der Waals surface area contributed by atoms with Crippen LogP contribution in [0.4, 0.5) is 0 Å². The van der Waals surface area contributed by atoms with Crippen molar-refractivity contribution in [1.29, 1.82) is 0 Å². The molecule has 0 rings (SSSR count). The zero-order valence-electron chi connectivity index (χ0n) is 2.14. The van der Waals surface area contributed by atoms with E-state index in [9.17, 15) is 0 Å². The van der Waals surface area contributed by atoms with E-state index in [2.05, 4.69) is 0 Å². The zero-order chi connectivity index (χ0) is 0. The van der Waals surface area contributed by atoms with Crippen LogP contribution < -0.4 is 0 Å². The SMILES string of the molecule is C.[Fe+4].[SH-].[SH-].[SH-].[SH-]. The van der Waals surface area contributed by atoms with Gasteiger partial charge in [0.1, 0.15) is 0 Å². The van der Waals surface area contributed by atoms with E-state index in [1.54, 1.807) is 0 Å². The minimum atomic E-state index is 0. The van der Waals surface area contributed by atoms with Crippen molar-refractivity contribution in [2.45, 2.75) is 7.43 Å². The maximum Gasteiger partial charge on any atom is 4.00 e. The minimum absolute atomic E-state index is 0. The van der Waals surface area contributed by atoms with E-state index in [0.29, 0.717) is 0 Å². The fraction of sp³-hybridized carbons (Fsp3) is 1.00. The van der Waals surface area contributed by atoms with Gasteiger partial charge in [-0.1, -0.05) is 7.43 Å². The van der Waals surface area contributed by atoms with Gasteiger partial charge in [-0.2, -0.15) is 0 Å². The van der Waals surface area contributed by atoms with Crippen molar-refractivity contribution < 1.29 is 17.1 Å². The normalized spacial score (nSPS) is 0. The molecule has 0 aliphatic heterocycles. The summed E-state index contributed by atoms with van der Waals surface area (Å²) in [6, 6.07) is 0. The van der Waals surface area contributed by atoms with E-state index in [0.717, 1.165) is 0 Å². The van der Waals surface area contributed by atoms with Crippen LogP contribution in [0.2, 0.25) is 0 Å². The average molecular weight is 204 g/mol. The molecule has 0 saturated heterocycles. The van der Waals surface area contributed by atoms with Crippen LogP contribution in [0.15, 0.2) is 0 Å². The molecular formula is CH8FeS4. The van der Waals surface area contributed by atoms with Crippen LogP contribution in [-0.4, -0.2) is 0 Å². The van der Waals surface area contributed by atoms with E-state index < -0.39 is 0 Å². The van der Waals surface area contributed by atoms with E-state index in [1.165, 1.54) is 0 Å². The second kappa shape index (κ2) is 65.8. The van der Waals surface area contributed by atoms with Gasteiger partial charge in [-0.3, -0.25) is 0 Å². The number of hydrogen-bond donors (Lipinski definition) is 0. The van der Waals surface area contributed by atoms with Crippen molar-refractivity contribution in [2.24, 2.45) is 0 Å². The summed E-state index contributed by atoms with van der Waals surface area (Å²) in [4.78, 5) is 0. The Morgan fingerprint density at radius 1 is 0.500 bits per heavy atom. The average Bonchev–Trinajstić information content (AvgIpc) is 0. The summed E-state index contributed by atoms with van der Waals surface area (Å²) in [6.45, 7) is 0. The standard InChI is InChI=1S/CH4.Fe.4H2S/h1H4;;4*1H2/q;+4;;;;/p-4. The van der Waals surface area contributed by atoms with Gasteiger partial charge in [0.2, 0.25) is 0 Å². The van der Waals surface area contributed by atoms with Gasteiger partial charge in [-0.05, 0) is 0 Å². The first-order valence-electron chi connectivity index (χ1n) is 0. The van der Waals surface area contributed by atoms with Crippen LogP contribution in [0.1, 0.15) is 7.43 Å². The summed E-state index contributed by atoms with van der Waals surface area (Å²) in [6.07, 6.45) is 0. The maximum absolute atomic E-state index is 0. The van der Waals surface area contributed by atoms with E-state index in [4.69, 9.17) is 0 Å². The molecule has 0 unspecified atom stereocenters. The third-order valence-electron chi connectivity index (χ3n) is 0. The molecule has 6 heavy (non-hydrogen) atoms. The molecule has 0 aromatic heterocycles. The Hall–Kier alpha value is 1.92.